The van der Waals surface area contributed by atoms with E-state index in [2.05, 4.69) is 22.4 Å². The first-order valence-corrected chi connectivity index (χ1v) is 13.5. The SMILES string of the molecule is O=C(c1ccccc1)N(c1cnc2c(c1)N(Cc1cc(Cl)ccc1C(F)(F)F)CCN2)C1CCc2ccccc21. The fraction of sp³-hybridized carbons (Fsp3) is 0.226. The number of anilines is 3. The molecule has 1 N–H and O–H groups in total. The molecule has 0 saturated heterocycles. The van der Waals surface area contributed by atoms with Gasteiger partial charge in [0.05, 0.1) is 29.2 Å². The summed E-state index contributed by atoms with van der Waals surface area (Å²) in [5.41, 5.74) is 3.43. The predicted octanol–water partition coefficient (Wildman–Crippen LogP) is 7.52. The van der Waals surface area contributed by atoms with Crippen molar-refractivity contribution in [3.8, 4) is 0 Å². The Hall–Kier alpha value is -4.04. The van der Waals surface area contributed by atoms with Gasteiger partial charge in [0, 0.05) is 30.2 Å². The van der Waals surface area contributed by atoms with Crippen LogP contribution in [-0.4, -0.2) is 24.0 Å². The summed E-state index contributed by atoms with van der Waals surface area (Å²) in [6.45, 7) is 0.971. The normalized spacial score (nSPS) is 16.2. The predicted molar refractivity (Wildman–Crippen MR) is 151 cm³/mol. The molecule has 6 rings (SSSR count). The van der Waals surface area contributed by atoms with Crippen molar-refractivity contribution in [1.82, 2.24) is 4.98 Å². The highest BCUT2D eigenvalue weighted by Crippen LogP contribution is 2.42. The maximum absolute atomic E-state index is 14.0. The van der Waals surface area contributed by atoms with Crippen LogP contribution in [0.3, 0.4) is 0 Å². The molecular weight excluding hydrogens is 537 g/mol. The van der Waals surface area contributed by atoms with Crippen LogP contribution in [0.2, 0.25) is 5.02 Å². The molecule has 1 aliphatic carbocycles. The van der Waals surface area contributed by atoms with E-state index in [0.717, 1.165) is 24.5 Å². The zero-order valence-corrected chi connectivity index (χ0v) is 22.2. The van der Waals surface area contributed by atoms with E-state index in [4.69, 9.17) is 11.6 Å². The van der Waals surface area contributed by atoms with Gasteiger partial charge in [-0.1, -0.05) is 54.1 Å². The Morgan fingerprint density at radius 2 is 1.82 bits per heavy atom. The van der Waals surface area contributed by atoms with Gasteiger partial charge in [0.25, 0.3) is 5.91 Å². The lowest BCUT2D eigenvalue weighted by atomic mass is 10.0. The molecule has 0 fully saturated rings. The van der Waals surface area contributed by atoms with Gasteiger partial charge in [-0.3, -0.25) is 9.69 Å². The number of alkyl halides is 3. The minimum Gasteiger partial charge on any atom is -0.367 e. The molecule has 204 valence electrons. The number of aryl methyl sites for hydroxylation is 1. The van der Waals surface area contributed by atoms with Crippen LogP contribution in [-0.2, 0) is 19.1 Å². The third-order valence-electron chi connectivity index (χ3n) is 7.53. The monoisotopic (exact) mass is 562 g/mol. The summed E-state index contributed by atoms with van der Waals surface area (Å²) >= 11 is 6.10. The van der Waals surface area contributed by atoms with Crippen molar-refractivity contribution in [1.29, 1.82) is 0 Å². The molecule has 1 aromatic heterocycles. The number of carbonyl (C=O) groups is 1. The summed E-state index contributed by atoms with van der Waals surface area (Å²) in [6.07, 6.45) is -1.24. The average Bonchev–Trinajstić information content (AvgIpc) is 3.37. The maximum atomic E-state index is 14.0. The standard InChI is InChI=1S/C31H26ClF3N4O/c32-23-11-12-26(31(33,34)35)22(16-23)19-38-15-14-36-29-28(38)17-24(18-37-29)39(30(40)21-7-2-1-3-8-21)27-13-10-20-6-4-5-9-25(20)27/h1-9,11-12,16-18,27H,10,13-15,19H2,(H,36,37). The van der Waals surface area contributed by atoms with Crippen molar-refractivity contribution >= 4 is 34.7 Å². The summed E-state index contributed by atoms with van der Waals surface area (Å²) in [5.74, 6) is 0.401. The fourth-order valence-electron chi connectivity index (χ4n) is 5.68. The lowest BCUT2D eigenvalue weighted by Gasteiger charge is -2.35. The van der Waals surface area contributed by atoms with Gasteiger partial charge in [-0.2, -0.15) is 13.2 Å². The lowest BCUT2D eigenvalue weighted by molar-refractivity contribution is -0.138. The Bertz CT molecular complexity index is 1560. The lowest BCUT2D eigenvalue weighted by Crippen LogP contribution is -2.37. The molecule has 9 heteroatoms. The van der Waals surface area contributed by atoms with Crippen molar-refractivity contribution < 1.29 is 18.0 Å². The number of nitrogens with one attached hydrogen (secondary N) is 1. The second-order valence-corrected chi connectivity index (χ2v) is 10.4. The van der Waals surface area contributed by atoms with Gasteiger partial charge in [-0.25, -0.2) is 4.98 Å². The largest absolute Gasteiger partial charge is 0.416 e. The highest BCUT2D eigenvalue weighted by Gasteiger charge is 2.36. The van der Waals surface area contributed by atoms with E-state index < -0.39 is 11.7 Å². The molecule has 1 amide bonds. The molecule has 1 unspecified atom stereocenters. The summed E-state index contributed by atoms with van der Waals surface area (Å²) < 4.78 is 41.4. The van der Waals surface area contributed by atoms with Crippen LogP contribution in [0.4, 0.5) is 30.4 Å². The topological polar surface area (TPSA) is 48.5 Å². The van der Waals surface area contributed by atoms with Crippen LogP contribution in [0.25, 0.3) is 0 Å². The summed E-state index contributed by atoms with van der Waals surface area (Å²) in [6, 6.07) is 22.5. The number of rotatable bonds is 5. The second-order valence-electron chi connectivity index (χ2n) is 10.0. The molecule has 0 saturated carbocycles. The van der Waals surface area contributed by atoms with E-state index >= 15 is 0 Å². The third kappa shape index (κ3) is 4.99. The van der Waals surface area contributed by atoms with Crippen LogP contribution in [0.1, 0.15) is 45.1 Å². The first kappa shape index (κ1) is 26.2. The molecule has 2 heterocycles. The van der Waals surface area contributed by atoms with E-state index in [0.29, 0.717) is 35.8 Å². The molecule has 3 aromatic carbocycles. The van der Waals surface area contributed by atoms with Crippen molar-refractivity contribution in [3.63, 3.8) is 0 Å². The first-order valence-electron chi connectivity index (χ1n) is 13.1. The molecule has 0 bridgehead atoms. The van der Waals surface area contributed by atoms with Crippen LogP contribution in [0.15, 0.2) is 85.1 Å². The van der Waals surface area contributed by atoms with Gasteiger partial charge in [0.1, 0.15) is 5.82 Å². The zero-order chi connectivity index (χ0) is 27.9. The maximum Gasteiger partial charge on any atom is 0.416 e. The Morgan fingerprint density at radius 3 is 2.62 bits per heavy atom. The van der Waals surface area contributed by atoms with E-state index in [1.54, 1.807) is 23.2 Å². The number of amides is 1. The highest BCUT2D eigenvalue weighted by molar-refractivity contribution is 6.30. The second kappa shape index (κ2) is 10.5. The molecular formula is C31H26ClF3N4O. The number of pyridine rings is 1. The number of halogens is 4. The minimum absolute atomic E-state index is 0.00584. The number of nitrogens with zero attached hydrogens (tertiary/aromatic N) is 3. The quantitative estimate of drug-likeness (QED) is 0.273. The van der Waals surface area contributed by atoms with Crippen molar-refractivity contribution in [2.24, 2.45) is 0 Å². The number of aromatic nitrogens is 1. The number of benzene rings is 3. The molecule has 4 aromatic rings. The Morgan fingerprint density at radius 1 is 1.05 bits per heavy atom. The van der Waals surface area contributed by atoms with Crippen LogP contribution in [0.5, 0.6) is 0 Å². The average molecular weight is 563 g/mol. The van der Waals surface area contributed by atoms with Gasteiger partial charge < -0.3 is 10.2 Å². The molecule has 40 heavy (non-hydrogen) atoms. The number of carbonyl (C=O) groups excluding carboxylic acids is 1. The smallest absolute Gasteiger partial charge is 0.367 e. The Balaban J connectivity index is 1.42. The van der Waals surface area contributed by atoms with Gasteiger partial charge in [-0.15, -0.1) is 0 Å². The molecule has 0 spiro atoms. The summed E-state index contributed by atoms with van der Waals surface area (Å²) in [4.78, 5) is 22.3. The molecule has 2 aliphatic rings. The molecule has 1 atom stereocenters. The molecule has 5 nitrogen and oxygen atoms in total. The van der Waals surface area contributed by atoms with E-state index in [-0.39, 0.29) is 29.1 Å². The summed E-state index contributed by atoms with van der Waals surface area (Å²) in [5, 5.41) is 3.48. The van der Waals surface area contributed by atoms with E-state index in [1.165, 1.54) is 17.7 Å². The van der Waals surface area contributed by atoms with Gasteiger partial charge in [-0.05, 0) is 65.9 Å². The Labute approximate surface area is 235 Å². The van der Waals surface area contributed by atoms with Gasteiger partial charge >= 0.3 is 6.18 Å². The zero-order valence-electron chi connectivity index (χ0n) is 21.5. The number of fused-ring (bicyclic) bond motifs is 2. The van der Waals surface area contributed by atoms with Crippen molar-refractivity contribution in [3.05, 3.63) is 118 Å². The van der Waals surface area contributed by atoms with Crippen LogP contribution in [0, 0.1) is 0 Å². The van der Waals surface area contributed by atoms with Crippen LogP contribution >= 0.6 is 11.6 Å². The fourth-order valence-corrected chi connectivity index (χ4v) is 5.88. The number of hydrogen-bond acceptors (Lipinski definition) is 4. The van der Waals surface area contributed by atoms with Gasteiger partial charge in [0.15, 0.2) is 0 Å². The van der Waals surface area contributed by atoms with Gasteiger partial charge in [0.2, 0.25) is 0 Å². The first-order chi connectivity index (χ1) is 19.3. The third-order valence-corrected chi connectivity index (χ3v) is 7.77. The summed E-state index contributed by atoms with van der Waals surface area (Å²) in [7, 11) is 0. The minimum atomic E-state index is -4.51. The van der Waals surface area contributed by atoms with Crippen LogP contribution < -0.4 is 15.1 Å². The van der Waals surface area contributed by atoms with E-state index in [1.807, 2.05) is 41.3 Å². The highest BCUT2D eigenvalue weighted by atomic mass is 35.5. The molecule has 0 radical (unpaired) electrons. The number of hydrogen-bond donors (Lipinski definition) is 1. The van der Waals surface area contributed by atoms with Crippen molar-refractivity contribution in [2.75, 3.05) is 28.2 Å². The van der Waals surface area contributed by atoms with Crippen molar-refractivity contribution in [2.45, 2.75) is 31.6 Å². The Kier molecular flexibility index (Phi) is 6.88. The molecule has 1 aliphatic heterocycles. The van der Waals surface area contributed by atoms with E-state index in [9.17, 15) is 18.0 Å².